The molecule has 0 saturated carbocycles. The average molecular weight is 330 g/mol. The number of aromatic nitrogens is 1. The van der Waals surface area contributed by atoms with Gasteiger partial charge in [0, 0.05) is 16.2 Å². The van der Waals surface area contributed by atoms with Gasteiger partial charge in [-0.25, -0.2) is 0 Å². The zero-order valence-corrected chi connectivity index (χ0v) is 13.3. The molecule has 1 heterocycles. The molecule has 0 radical (unpaired) electrons. The zero-order chi connectivity index (χ0) is 14.5. The summed E-state index contributed by atoms with van der Waals surface area (Å²) in [5.74, 6) is 0. The van der Waals surface area contributed by atoms with E-state index in [9.17, 15) is 0 Å². The van der Waals surface area contributed by atoms with Gasteiger partial charge in [-0.2, -0.15) is 0 Å². The Kier molecular flexibility index (Phi) is 5.67. The van der Waals surface area contributed by atoms with Crippen LogP contribution in [0.25, 0.3) is 0 Å². The molecule has 0 bridgehead atoms. The van der Waals surface area contributed by atoms with Crippen molar-refractivity contribution in [2.24, 2.45) is 0 Å². The second-order valence-electron chi connectivity index (χ2n) is 4.42. The Morgan fingerprint density at radius 1 is 1.15 bits per heavy atom. The number of rotatable bonds is 5. The van der Waals surface area contributed by atoms with Crippen LogP contribution in [-0.4, -0.2) is 11.5 Å². The van der Waals surface area contributed by atoms with Crippen molar-refractivity contribution in [1.29, 1.82) is 0 Å². The molecule has 2 nitrogen and oxygen atoms in total. The number of nitrogens with one attached hydrogen (secondary N) is 1. The summed E-state index contributed by atoms with van der Waals surface area (Å²) in [4.78, 5) is 4.38. The molecule has 0 amide bonds. The largest absolute Gasteiger partial charge is 0.309 e. The first-order valence-electron chi connectivity index (χ1n) is 6.39. The first-order chi connectivity index (χ1) is 9.61. The molecule has 2 rings (SSSR count). The Labute approximate surface area is 134 Å². The van der Waals surface area contributed by atoms with Gasteiger partial charge < -0.3 is 5.32 Å². The van der Waals surface area contributed by atoms with Crippen LogP contribution in [0.4, 0.5) is 0 Å². The topological polar surface area (TPSA) is 24.9 Å². The van der Waals surface area contributed by atoms with Crippen molar-refractivity contribution in [3.05, 3.63) is 62.9 Å². The number of nitrogens with zero attached hydrogens (tertiary/aromatic N) is 1. The smallest absolute Gasteiger partial charge is 0.0762 e. The van der Waals surface area contributed by atoms with Crippen molar-refractivity contribution in [3.63, 3.8) is 0 Å². The summed E-state index contributed by atoms with van der Waals surface area (Å²) >= 11 is 18.4. The summed E-state index contributed by atoms with van der Waals surface area (Å²) in [6.07, 6.45) is 2.45. The third-order valence-electron chi connectivity index (χ3n) is 3.01. The van der Waals surface area contributed by atoms with Crippen molar-refractivity contribution >= 4 is 34.8 Å². The lowest BCUT2D eigenvalue weighted by Gasteiger charge is -2.19. The van der Waals surface area contributed by atoms with Crippen LogP contribution in [-0.2, 0) is 6.42 Å². The van der Waals surface area contributed by atoms with Gasteiger partial charge in [0.25, 0.3) is 0 Å². The summed E-state index contributed by atoms with van der Waals surface area (Å²) in [6, 6.07) is 9.22. The Bertz CT molecular complexity index is 587. The van der Waals surface area contributed by atoms with Gasteiger partial charge in [0.1, 0.15) is 0 Å². The monoisotopic (exact) mass is 328 g/mol. The minimum absolute atomic E-state index is 0.0207. The lowest BCUT2D eigenvalue weighted by atomic mass is 10.0. The number of benzene rings is 1. The van der Waals surface area contributed by atoms with Crippen molar-refractivity contribution in [3.8, 4) is 0 Å². The van der Waals surface area contributed by atoms with E-state index in [4.69, 9.17) is 34.8 Å². The molecule has 2 aromatic rings. The van der Waals surface area contributed by atoms with Gasteiger partial charge in [0.2, 0.25) is 0 Å². The number of halogens is 3. The zero-order valence-electron chi connectivity index (χ0n) is 11.0. The van der Waals surface area contributed by atoms with Gasteiger partial charge in [-0.15, -0.1) is 0 Å². The van der Waals surface area contributed by atoms with Crippen molar-refractivity contribution in [2.75, 3.05) is 6.54 Å². The Balaban J connectivity index is 2.28. The molecule has 0 saturated heterocycles. The molecule has 5 heteroatoms. The molecular formula is C15H15Cl3N2. The van der Waals surface area contributed by atoms with Gasteiger partial charge in [-0.3, -0.25) is 4.98 Å². The number of pyridine rings is 1. The van der Waals surface area contributed by atoms with Crippen molar-refractivity contribution in [2.45, 2.75) is 19.4 Å². The van der Waals surface area contributed by atoms with E-state index in [1.165, 1.54) is 0 Å². The maximum atomic E-state index is 6.24. The summed E-state index contributed by atoms with van der Waals surface area (Å²) in [7, 11) is 0. The third-order valence-corrected chi connectivity index (χ3v) is 3.91. The van der Waals surface area contributed by atoms with E-state index in [-0.39, 0.29) is 6.04 Å². The summed E-state index contributed by atoms with van der Waals surface area (Å²) in [5, 5.41) is 5.34. The number of hydrogen-bond acceptors (Lipinski definition) is 2. The van der Waals surface area contributed by atoms with Crippen LogP contribution in [0.1, 0.15) is 24.2 Å². The van der Waals surface area contributed by atoms with Gasteiger partial charge in [-0.1, -0.05) is 47.8 Å². The highest BCUT2D eigenvalue weighted by molar-refractivity contribution is 6.35. The first kappa shape index (κ1) is 15.6. The van der Waals surface area contributed by atoms with E-state index in [1.54, 1.807) is 12.3 Å². The molecule has 106 valence electrons. The first-order valence-corrected chi connectivity index (χ1v) is 7.53. The Hall–Kier alpha value is -0.800. The fourth-order valence-electron chi connectivity index (χ4n) is 2.07. The molecule has 20 heavy (non-hydrogen) atoms. The van der Waals surface area contributed by atoms with E-state index in [0.29, 0.717) is 21.5 Å². The van der Waals surface area contributed by atoms with Gasteiger partial charge in [0.05, 0.1) is 16.8 Å². The van der Waals surface area contributed by atoms with E-state index in [0.717, 1.165) is 17.8 Å². The van der Waals surface area contributed by atoms with Crippen LogP contribution < -0.4 is 5.32 Å². The van der Waals surface area contributed by atoms with Crippen LogP contribution in [0.3, 0.4) is 0 Å². The van der Waals surface area contributed by atoms with Crippen LogP contribution in [0.2, 0.25) is 15.1 Å². The molecule has 0 spiro atoms. The number of hydrogen-bond donors (Lipinski definition) is 1. The minimum atomic E-state index is 0.0207. The molecule has 1 unspecified atom stereocenters. The van der Waals surface area contributed by atoms with E-state index in [2.05, 4.69) is 10.3 Å². The molecular weight excluding hydrogens is 315 g/mol. The predicted octanol–water partition coefficient (Wildman–Crippen LogP) is 4.94. The Morgan fingerprint density at radius 2 is 1.95 bits per heavy atom. The molecule has 1 atom stereocenters. The molecule has 1 aromatic carbocycles. The van der Waals surface area contributed by atoms with Crippen LogP contribution in [0.15, 0.2) is 36.5 Å². The quantitative estimate of drug-likeness (QED) is 0.841. The summed E-state index contributed by atoms with van der Waals surface area (Å²) in [5.41, 5.74) is 1.85. The van der Waals surface area contributed by atoms with Crippen molar-refractivity contribution < 1.29 is 0 Å². The highest BCUT2D eigenvalue weighted by Gasteiger charge is 2.17. The molecule has 0 aliphatic heterocycles. The molecule has 0 aliphatic rings. The maximum absolute atomic E-state index is 6.24. The highest BCUT2D eigenvalue weighted by Crippen LogP contribution is 2.28. The molecule has 1 aromatic heterocycles. The van der Waals surface area contributed by atoms with E-state index < -0.39 is 0 Å². The second-order valence-corrected chi connectivity index (χ2v) is 5.67. The van der Waals surface area contributed by atoms with E-state index in [1.807, 2.05) is 31.2 Å². The summed E-state index contributed by atoms with van der Waals surface area (Å²) < 4.78 is 0. The Morgan fingerprint density at radius 3 is 2.60 bits per heavy atom. The SMILES string of the molecule is CCNC(Cc1ccc(Cl)cc1Cl)c1ncccc1Cl. The van der Waals surface area contributed by atoms with Gasteiger partial charge >= 0.3 is 0 Å². The summed E-state index contributed by atoms with van der Waals surface area (Å²) in [6.45, 7) is 2.87. The normalized spacial score (nSPS) is 12.4. The van der Waals surface area contributed by atoms with Crippen LogP contribution in [0, 0.1) is 0 Å². The third kappa shape index (κ3) is 3.86. The molecule has 0 aliphatic carbocycles. The average Bonchev–Trinajstić information content (AvgIpc) is 2.42. The lowest BCUT2D eigenvalue weighted by Crippen LogP contribution is -2.24. The fraction of sp³-hybridized carbons (Fsp3) is 0.267. The number of likely N-dealkylation sites (N-methyl/N-ethyl adjacent to an activating group) is 1. The molecule has 1 N–H and O–H groups in total. The predicted molar refractivity (Wildman–Crippen MR) is 85.8 cm³/mol. The maximum Gasteiger partial charge on any atom is 0.0762 e. The van der Waals surface area contributed by atoms with Gasteiger partial charge in [-0.05, 0) is 42.8 Å². The molecule has 0 fully saturated rings. The standard InChI is InChI=1S/C15H15Cl3N2/c1-2-19-14(15-12(17)4-3-7-20-15)8-10-5-6-11(16)9-13(10)18/h3-7,9,14,19H,2,8H2,1H3. The van der Waals surface area contributed by atoms with Gasteiger partial charge in [0.15, 0.2) is 0 Å². The lowest BCUT2D eigenvalue weighted by molar-refractivity contribution is 0.537. The van der Waals surface area contributed by atoms with E-state index >= 15 is 0 Å². The fourth-order valence-corrected chi connectivity index (χ4v) is 2.81. The highest BCUT2D eigenvalue weighted by atomic mass is 35.5. The van der Waals surface area contributed by atoms with Crippen molar-refractivity contribution in [1.82, 2.24) is 10.3 Å². The van der Waals surface area contributed by atoms with Crippen LogP contribution in [0.5, 0.6) is 0 Å². The second kappa shape index (κ2) is 7.28. The van der Waals surface area contributed by atoms with Crippen LogP contribution >= 0.6 is 34.8 Å². The minimum Gasteiger partial charge on any atom is -0.309 e.